The lowest BCUT2D eigenvalue weighted by Crippen LogP contribution is -1.91. The van der Waals surface area contributed by atoms with Crippen molar-refractivity contribution in [2.45, 2.75) is 0 Å². The summed E-state index contributed by atoms with van der Waals surface area (Å²) in [6.07, 6.45) is 1.92. The average Bonchev–Trinajstić information content (AvgIpc) is 2.93. The van der Waals surface area contributed by atoms with Crippen LogP contribution in [0.25, 0.3) is 22.3 Å². The molecule has 0 bridgehead atoms. The number of nitrogens with zero attached hydrogens (tertiary/aromatic N) is 3. The summed E-state index contributed by atoms with van der Waals surface area (Å²) in [7, 11) is 1.88. The van der Waals surface area contributed by atoms with E-state index in [1.54, 1.807) is 0 Å². The highest BCUT2D eigenvalue weighted by Crippen LogP contribution is 2.30. The van der Waals surface area contributed by atoms with Crippen LogP contribution in [0.1, 0.15) is 5.69 Å². The minimum Gasteiger partial charge on any atom is -0.360 e. The molecule has 88 valence electrons. The van der Waals surface area contributed by atoms with Gasteiger partial charge in [-0.3, -0.25) is 0 Å². The Morgan fingerprint density at radius 1 is 1.39 bits per heavy atom. The average molecular weight is 301 g/mol. The molecule has 1 N–H and O–H groups in total. The highest BCUT2D eigenvalue weighted by Gasteiger charge is 2.16. The predicted molar refractivity (Wildman–Crippen MR) is 72.9 cm³/mol. The van der Waals surface area contributed by atoms with Gasteiger partial charge in [-0.25, -0.2) is 4.98 Å². The van der Waals surface area contributed by atoms with E-state index in [1.165, 1.54) is 0 Å². The lowest BCUT2D eigenvalue weighted by Gasteiger charge is -2.00. The molecule has 0 aliphatic rings. The Balaban J connectivity index is 2.30. The molecular formula is C13H9BrN4. The van der Waals surface area contributed by atoms with Gasteiger partial charge in [0, 0.05) is 29.7 Å². The number of para-hydroxylation sites is 1. The molecule has 2 heterocycles. The second-order valence-corrected chi connectivity index (χ2v) is 4.74. The standard InChI is InChI=1S/C13H9BrN4/c1-18-12(14)11(6-15)17-13(18)9-7-16-10-5-3-2-4-8(9)10/h2-5,7,16H,1H3. The maximum atomic E-state index is 9.00. The van der Waals surface area contributed by atoms with Crippen LogP contribution >= 0.6 is 15.9 Å². The Morgan fingerprint density at radius 3 is 2.89 bits per heavy atom. The first-order valence-corrected chi connectivity index (χ1v) is 6.20. The van der Waals surface area contributed by atoms with Crippen molar-refractivity contribution in [3.05, 3.63) is 40.8 Å². The van der Waals surface area contributed by atoms with Gasteiger partial charge in [0.15, 0.2) is 5.69 Å². The van der Waals surface area contributed by atoms with E-state index in [9.17, 15) is 0 Å². The topological polar surface area (TPSA) is 57.4 Å². The fourth-order valence-electron chi connectivity index (χ4n) is 2.05. The zero-order valence-corrected chi connectivity index (χ0v) is 11.2. The summed E-state index contributed by atoms with van der Waals surface area (Å²) >= 11 is 3.38. The molecular weight excluding hydrogens is 292 g/mol. The molecule has 18 heavy (non-hydrogen) atoms. The van der Waals surface area contributed by atoms with Crippen LogP contribution in [0.3, 0.4) is 0 Å². The van der Waals surface area contributed by atoms with E-state index in [0.29, 0.717) is 10.3 Å². The van der Waals surface area contributed by atoms with E-state index in [4.69, 9.17) is 5.26 Å². The minimum absolute atomic E-state index is 0.401. The van der Waals surface area contributed by atoms with Crippen LogP contribution in [0.4, 0.5) is 0 Å². The number of hydrogen-bond donors (Lipinski definition) is 1. The van der Waals surface area contributed by atoms with Crippen molar-refractivity contribution in [1.29, 1.82) is 5.26 Å². The number of aromatic nitrogens is 3. The van der Waals surface area contributed by atoms with Crippen LogP contribution in [0.15, 0.2) is 35.1 Å². The van der Waals surface area contributed by atoms with Crippen LogP contribution < -0.4 is 0 Å². The molecule has 0 aliphatic carbocycles. The van der Waals surface area contributed by atoms with Crippen LogP contribution in [-0.4, -0.2) is 14.5 Å². The maximum absolute atomic E-state index is 9.00. The van der Waals surface area contributed by atoms with Crippen molar-refractivity contribution in [3.8, 4) is 17.5 Å². The highest BCUT2D eigenvalue weighted by atomic mass is 79.9. The molecule has 1 aromatic carbocycles. The molecule has 0 saturated heterocycles. The quantitative estimate of drug-likeness (QED) is 0.750. The number of halogens is 1. The first-order chi connectivity index (χ1) is 8.72. The Bertz CT molecular complexity index is 776. The van der Waals surface area contributed by atoms with Gasteiger partial charge in [-0.15, -0.1) is 0 Å². The van der Waals surface area contributed by atoms with Gasteiger partial charge in [-0.2, -0.15) is 5.26 Å². The molecule has 3 aromatic rings. The SMILES string of the molecule is Cn1c(-c2c[nH]c3ccccc23)nc(C#N)c1Br. The van der Waals surface area contributed by atoms with Crippen LogP contribution in [0, 0.1) is 11.3 Å². The molecule has 4 nitrogen and oxygen atoms in total. The molecule has 0 spiro atoms. The molecule has 0 fully saturated rings. The third-order valence-corrected chi connectivity index (χ3v) is 3.87. The Hall–Kier alpha value is -2.06. The lowest BCUT2D eigenvalue weighted by atomic mass is 10.1. The highest BCUT2D eigenvalue weighted by molar-refractivity contribution is 9.10. The minimum atomic E-state index is 0.401. The van der Waals surface area contributed by atoms with E-state index in [-0.39, 0.29) is 0 Å². The predicted octanol–water partition coefficient (Wildman–Crippen LogP) is 3.20. The van der Waals surface area contributed by atoms with Crippen molar-refractivity contribution < 1.29 is 0 Å². The third kappa shape index (κ3) is 1.46. The van der Waals surface area contributed by atoms with E-state index in [0.717, 1.165) is 22.3 Å². The van der Waals surface area contributed by atoms with E-state index in [2.05, 4.69) is 32.0 Å². The summed E-state index contributed by atoms with van der Waals surface area (Å²) < 4.78 is 2.57. The zero-order valence-electron chi connectivity index (χ0n) is 9.61. The van der Waals surface area contributed by atoms with Crippen LogP contribution in [0.2, 0.25) is 0 Å². The first-order valence-electron chi connectivity index (χ1n) is 5.41. The van der Waals surface area contributed by atoms with Gasteiger partial charge in [0.1, 0.15) is 16.5 Å². The van der Waals surface area contributed by atoms with Crippen molar-refractivity contribution in [3.63, 3.8) is 0 Å². The largest absolute Gasteiger partial charge is 0.360 e. The van der Waals surface area contributed by atoms with Crippen molar-refractivity contribution in [1.82, 2.24) is 14.5 Å². The van der Waals surface area contributed by atoms with Gasteiger partial charge in [-0.1, -0.05) is 18.2 Å². The van der Waals surface area contributed by atoms with E-state index < -0.39 is 0 Å². The Labute approximate surface area is 112 Å². The van der Waals surface area contributed by atoms with Crippen LogP contribution in [0.5, 0.6) is 0 Å². The number of nitrogens with one attached hydrogen (secondary N) is 1. The first kappa shape index (κ1) is 11.1. The molecule has 0 unspecified atom stereocenters. The second kappa shape index (κ2) is 4.00. The van der Waals surface area contributed by atoms with Crippen molar-refractivity contribution >= 4 is 26.8 Å². The number of fused-ring (bicyclic) bond motifs is 1. The van der Waals surface area contributed by atoms with Crippen molar-refractivity contribution in [2.75, 3.05) is 0 Å². The maximum Gasteiger partial charge on any atom is 0.173 e. The van der Waals surface area contributed by atoms with Gasteiger partial charge in [0.25, 0.3) is 0 Å². The number of aromatic amines is 1. The number of hydrogen-bond acceptors (Lipinski definition) is 2. The summed E-state index contributed by atoms with van der Waals surface area (Å²) in [5.74, 6) is 0.774. The number of H-pyrrole nitrogens is 1. The van der Waals surface area contributed by atoms with E-state index >= 15 is 0 Å². The monoisotopic (exact) mass is 300 g/mol. The molecule has 0 radical (unpaired) electrons. The summed E-state index contributed by atoms with van der Waals surface area (Å²) in [5, 5.41) is 10.1. The number of benzene rings is 1. The van der Waals surface area contributed by atoms with Crippen LogP contribution in [-0.2, 0) is 7.05 Å². The summed E-state index contributed by atoms with van der Waals surface area (Å²) in [4.78, 5) is 7.56. The lowest BCUT2D eigenvalue weighted by molar-refractivity contribution is 0.902. The number of nitriles is 1. The van der Waals surface area contributed by atoms with Crippen molar-refractivity contribution in [2.24, 2.45) is 7.05 Å². The van der Waals surface area contributed by atoms with E-state index in [1.807, 2.05) is 42.1 Å². The molecule has 0 amide bonds. The van der Waals surface area contributed by atoms with Gasteiger partial charge in [0.05, 0.1) is 0 Å². The molecule has 0 aliphatic heterocycles. The smallest absolute Gasteiger partial charge is 0.173 e. The van der Waals surface area contributed by atoms with Gasteiger partial charge < -0.3 is 9.55 Å². The third-order valence-electron chi connectivity index (χ3n) is 2.96. The molecule has 0 atom stereocenters. The molecule has 3 rings (SSSR count). The second-order valence-electron chi connectivity index (χ2n) is 3.99. The summed E-state index contributed by atoms with van der Waals surface area (Å²) in [5.41, 5.74) is 2.46. The Kier molecular flexibility index (Phi) is 2.46. The Morgan fingerprint density at radius 2 is 2.17 bits per heavy atom. The zero-order chi connectivity index (χ0) is 12.7. The molecule has 0 saturated carbocycles. The molecule has 5 heteroatoms. The van der Waals surface area contributed by atoms with Gasteiger partial charge in [-0.05, 0) is 22.0 Å². The van der Waals surface area contributed by atoms with Gasteiger partial charge in [0.2, 0.25) is 0 Å². The summed E-state index contributed by atoms with van der Waals surface area (Å²) in [6, 6.07) is 10.1. The fraction of sp³-hybridized carbons (Fsp3) is 0.0769. The fourth-order valence-corrected chi connectivity index (χ4v) is 2.39. The molecule has 2 aromatic heterocycles. The number of rotatable bonds is 1. The van der Waals surface area contributed by atoms with Gasteiger partial charge >= 0.3 is 0 Å². The number of imidazole rings is 1. The summed E-state index contributed by atoms with van der Waals surface area (Å²) in [6.45, 7) is 0. The normalized spacial score (nSPS) is 10.7.